The van der Waals surface area contributed by atoms with Crippen LogP contribution < -0.4 is 16.0 Å². The zero-order valence-electron chi connectivity index (χ0n) is 9.85. The van der Waals surface area contributed by atoms with Crippen LogP contribution >= 0.6 is 0 Å². The predicted molar refractivity (Wildman–Crippen MR) is 68.0 cm³/mol. The molecule has 0 spiro atoms. The second kappa shape index (κ2) is 5.63. The fourth-order valence-electron chi connectivity index (χ4n) is 1.98. The van der Waals surface area contributed by atoms with Gasteiger partial charge in [0.05, 0.1) is 18.4 Å². The molecule has 0 bridgehead atoms. The molecule has 0 radical (unpaired) electrons. The van der Waals surface area contributed by atoms with E-state index >= 15 is 0 Å². The molecule has 1 fully saturated rings. The summed E-state index contributed by atoms with van der Waals surface area (Å²) in [5.41, 5.74) is 5.92. The van der Waals surface area contributed by atoms with Crippen LogP contribution in [0.15, 0.2) is 18.3 Å². The number of carbonyl (C=O) groups is 1. The van der Waals surface area contributed by atoms with Gasteiger partial charge in [-0.2, -0.15) is 0 Å². The summed E-state index contributed by atoms with van der Waals surface area (Å²) in [6.07, 6.45) is 5.44. The van der Waals surface area contributed by atoms with Crippen LogP contribution in [0, 0.1) is 0 Å². The lowest BCUT2D eigenvalue weighted by molar-refractivity contribution is -0.114. The SMILES string of the molecule is NCC(=O)Nc1ccc(N2CCCCC2)nc1. The molecule has 0 aromatic carbocycles. The Balaban J connectivity index is 1.99. The van der Waals surface area contributed by atoms with E-state index in [2.05, 4.69) is 15.2 Å². The van der Waals surface area contributed by atoms with Gasteiger partial charge in [-0.05, 0) is 31.4 Å². The Hall–Kier alpha value is -1.62. The van der Waals surface area contributed by atoms with Crippen LogP contribution in [0.5, 0.6) is 0 Å². The molecule has 2 heterocycles. The fourth-order valence-corrected chi connectivity index (χ4v) is 1.98. The maximum absolute atomic E-state index is 11.1. The van der Waals surface area contributed by atoms with Gasteiger partial charge in [-0.15, -0.1) is 0 Å². The minimum atomic E-state index is -0.197. The number of nitrogens with two attached hydrogens (primary N) is 1. The number of pyridine rings is 1. The first-order chi connectivity index (χ1) is 8.29. The van der Waals surface area contributed by atoms with Gasteiger partial charge in [-0.1, -0.05) is 0 Å². The van der Waals surface area contributed by atoms with Gasteiger partial charge in [0.2, 0.25) is 5.91 Å². The number of nitrogens with one attached hydrogen (secondary N) is 1. The molecule has 5 heteroatoms. The Kier molecular flexibility index (Phi) is 3.93. The van der Waals surface area contributed by atoms with E-state index < -0.39 is 0 Å². The van der Waals surface area contributed by atoms with E-state index in [9.17, 15) is 4.79 Å². The Morgan fingerprint density at radius 1 is 1.35 bits per heavy atom. The third kappa shape index (κ3) is 3.17. The summed E-state index contributed by atoms with van der Waals surface area (Å²) in [4.78, 5) is 17.7. The summed E-state index contributed by atoms with van der Waals surface area (Å²) in [6.45, 7) is 2.14. The standard InChI is InChI=1S/C12H18N4O/c13-8-12(17)15-10-4-5-11(14-9-10)16-6-2-1-3-7-16/h4-5,9H,1-3,6-8,13H2,(H,15,17). The zero-order valence-corrected chi connectivity index (χ0v) is 9.85. The first-order valence-corrected chi connectivity index (χ1v) is 6.00. The van der Waals surface area contributed by atoms with Crippen LogP contribution in [0.3, 0.4) is 0 Å². The number of piperidine rings is 1. The van der Waals surface area contributed by atoms with Crippen molar-refractivity contribution >= 4 is 17.4 Å². The number of nitrogens with zero attached hydrogens (tertiary/aromatic N) is 2. The van der Waals surface area contributed by atoms with E-state index in [0.717, 1.165) is 18.9 Å². The highest BCUT2D eigenvalue weighted by Crippen LogP contribution is 2.18. The molecule has 1 aliphatic heterocycles. The van der Waals surface area contributed by atoms with Crippen molar-refractivity contribution in [2.75, 3.05) is 29.9 Å². The topological polar surface area (TPSA) is 71.2 Å². The van der Waals surface area contributed by atoms with Gasteiger partial charge in [0.25, 0.3) is 0 Å². The van der Waals surface area contributed by atoms with E-state index in [0.29, 0.717) is 5.69 Å². The van der Waals surface area contributed by atoms with Gasteiger partial charge in [0.15, 0.2) is 0 Å². The maximum Gasteiger partial charge on any atom is 0.238 e. The van der Waals surface area contributed by atoms with Crippen LogP contribution in [-0.2, 0) is 4.79 Å². The smallest absolute Gasteiger partial charge is 0.238 e. The van der Waals surface area contributed by atoms with E-state index in [4.69, 9.17) is 5.73 Å². The van der Waals surface area contributed by atoms with Crippen LogP contribution in [-0.4, -0.2) is 30.5 Å². The highest BCUT2D eigenvalue weighted by Gasteiger charge is 2.11. The number of rotatable bonds is 3. The number of hydrogen-bond donors (Lipinski definition) is 2. The first-order valence-electron chi connectivity index (χ1n) is 6.00. The van der Waals surface area contributed by atoms with Gasteiger partial charge in [0, 0.05) is 13.1 Å². The molecule has 5 nitrogen and oxygen atoms in total. The highest BCUT2D eigenvalue weighted by atomic mass is 16.1. The minimum Gasteiger partial charge on any atom is -0.357 e. The van der Waals surface area contributed by atoms with Crippen molar-refractivity contribution < 1.29 is 4.79 Å². The van der Waals surface area contributed by atoms with Crippen molar-refractivity contribution in [2.45, 2.75) is 19.3 Å². The van der Waals surface area contributed by atoms with Crippen molar-refractivity contribution in [3.8, 4) is 0 Å². The molecule has 1 aliphatic rings. The third-order valence-corrected chi connectivity index (χ3v) is 2.90. The molecule has 17 heavy (non-hydrogen) atoms. The fraction of sp³-hybridized carbons (Fsp3) is 0.500. The second-order valence-corrected chi connectivity index (χ2v) is 4.21. The lowest BCUT2D eigenvalue weighted by atomic mass is 10.1. The van der Waals surface area contributed by atoms with Crippen molar-refractivity contribution in [3.63, 3.8) is 0 Å². The van der Waals surface area contributed by atoms with Crippen molar-refractivity contribution in [1.29, 1.82) is 0 Å². The van der Waals surface area contributed by atoms with E-state index in [1.807, 2.05) is 12.1 Å². The lowest BCUT2D eigenvalue weighted by Gasteiger charge is -2.27. The van der Waals surface area contributed by atoms with Crippen molar-refractivity contribution in [1.82, 2.24) is 4.98 Å². The van der Waals surface area contributed by atoms with E-state index in [1.54, 1.807) is 6.20 Å². The molecule has 1 aromatic heterocycles. The lowest BCUT2D eigenvalue weighted by Crippen LogP contribution is -2.30. The minimum absolute atomic E-state index is 0.00607. The number of aromatic nitrogens is 1. The Morgan fingerprint density at radius 2 is 2.12 bits per heavy atom. The molecule has 0 atom stereocenters. The molecule has 1 amide bonds. The Bertz CT molecular complexity index is 371. The van der Waals surface area contributed by atoms with E-state index in [1.165, 1.54) is 19.3 Å². The summed E-state index contributed by atoms with van der Waals surface area (Å²) in [7, 11) is 0. The average molecular weight is 234 g/mol. The molecule has 2 rings (SSSR count). The highest BCUT2D eigenvalue weighted by molar-refractivity contribution is 5.91. The van der Waals surface area contributed by atoms with Crippen LogP contribution in [0.4, 0.5) is 11.5 Å². The molecule has 0 unspecified atom stereocenters. The maximum atomic E-state index is 11.1. The van der Waals surface area contributed by atoms with Crippen LogP contribution in [0.1, 0.15) is 19.3 Å². The molecular formula is C12H18N4O. The zero-order chi connectivity index (χ0) is 12.1. The summed E-state index contributed by atoms with van der Waals surface area (Å²) in [5.74, 6) is 0.785. The predicted octanol–water partition coefficient (Wildman–Crippen LogP) is 0.969. The van der Waals surface area contributed by atoms with Gasteiger partial charge in [-0.3, -0.25) is 4.79 Å². The van der Waals surface area contributed by atoms with Crippen molar-refractivity contribution in [3.05, 3.63) is 18.3 Å². The molecule has 1 saturated heterocycles. The average Bonchev–Trinajstić information content (AvgIpc) is 2.40. The summed E-state index contributed by atoms with van der Waals surface area (Å²) in [6, 6.07) is 3.81. The molecule has 0 saturated carbocycles. The Morgan fingerprint density at radius 3 is 2.71 bits per heavy atom. The van der Waals surface area contributed by atoms with E-state index in [-0.39, 0.29) is 12.5 Å². The largest absolute Gasteiger partial charge is 0.357 e. The summed E-state index contributed by atoms with van der Waals surface area (Å²) >= 11 is 0. The quantitative estimate of drug-likeness (QED) is 0.817. The van der Waals surface area contributed by atoms with Gasteiger partial charge < -0.3 is 16.0 Å². The van der Waals surface area contributed by atoms with Crippen LogP contribution in [0.25, 0.3) is 0 Å². The normalized spacial score (nSPS) is 15.7. The third-order valence-electron chi connectivity index (χ3n) is 2.90. The van der Waals surface area contributed by atoms with Gasteiger partial charge in [-0.25, -0.2) is 4.98 Å². The van der Waals surface area contributed by atoms with Gasteiger partial charge in [0.1, 0.15) is 5.82 Å². The molecule has 1 aromatic rings. The molecule has 92 valence electrons. The molecule has 3 N–H and O–H groups in total. The van der Waals surface area contributed by atoms with Crippen LogP contribution in [0.2, 0.25) is 0 Å². The number of anilines is 2. The summed E-state index contributed by atoms with van der Waals surface area (Å²) < 4.78 is 0. The monoisotopic (exact) mass is 234 g/mol. The van der Waals surface area contributed by atoms with Crippen molar-refractivity contribution in [2.24, 2.45) is 5.73 Å². The molecular weight excluding hydrogens is 216 g/mol. The molecule has 0 aliphatic carbocycles. The van der Waals surface area contributed by atoms with Gasteiger partial charge >= 0.3 is 0 Å². The number of carbonyl (C=O) groups excluding carboxylic acids is 1. The first kappa shape index (κ1) is 11.9. The second-order valence-electron chi connectivity index (χ2n) is 4.21. The summed E-state index contributed by atoms with van der Waals surface area (Å²) in [5, 5.41) is 2.68. The number of amides is 1. The number of hydrogen-bond acceptors (Lipinski definition) is 4. The Labute approximate surface area is 101 Å².